The maximum absolute atomic E-state index is 13.7. The molecule has 0 bridgehead atoms. The summed E-state index contributed by atoms with van der Waals surface area (Å²) >= 11 is 5.97. The molecule has 0 aliphatic carbocycles. The number of rotatable bonds is 10. The first-order chi connectivity index (χ1) is 17.1. The molecule has 2 amide bonds. The van der Waals surface area contributed by atoms with Crippen LogP contribution in [-0.4, -0.2) is 51.3 Å². The molecule has 0 aliphatic rings. The highest BCUT2D eigenvalue weighted by molar-refractivity contribution is 7.92. The van der Waals surface area contributed by atoms with E-state index in [4.69, 9.17) is 11.6 Å². The molecule has 7 nitrogen and oxygen atoms in total. The van der Waals surface area contributed by atoms with Gasteiger partial charge in [-0.15, -0.1) is 0 Å². The van der Waals surface area contributed by atoms with Crippen molar-refractivity contribution in [3.8, 4) is 0 Å². The van der Waals surface area contributed by atoms with Gasteiger partial charge in [0.15, 0.2) is 0 Å². The van der Waals surface area contributed by atoms with Crippen molar-refractivity contribution in [2.24, 2.45) is 0 Å². The summed E-state index contributed by atoms with van der Waals surface area (Å²) in [5.41, 5.74) is 2.08. The van der Waals surface area contributed by atoms with Crippen LogP contribution in [0.25, 0.3) is 0 Å². The Bertz CT molecular complexity index is 1300. The quantitative estimate of drug-likeness (QED) is 0.431. The SMILES string of the molecule is CNC(=O)[C@@H](C)N(CCc1ccccc1)C(=O)CN(c1ccccc1C)S(=O)(=O)c1ccc(Cl)cc1. The van der Waals surface area contributed by atoms with E-state index in [2.05, 4.69) is 5.32 Å². The molecule has 0 saturated carbocycles. The standard InChI is InChI=1S/C27H30ClN3O4S/c1-20-9-7-8-12-25(20)31(36(34,35)24-15-13-23(28)14-16-24)19-26(32)30(21(2)27(33)29-3)18-17-22-10-5-4-6-11-22/h4-16,21H,17-19H2,1-3H3,(H,29,33)/t21-/m1/s1. The summed E-state index contributed by atoms with van der Waals surface area (Å²) in [4.78, 5) is 27.6. The highest BCUT2D eigenvalue weighted by Crippen LogP contribution is 2.27. The van der Waals surface area contributed by atoms with Gasteiger partial charge in [-0.25, -0.2) is 8.42 Å². The third-order valence-electron chi connectivity index (χ3n) is 5.96. The molecule has 0 heterocycles. The molecule has 0 aromatic heterocycles. The molecule has 36 heavy (non-hydrogen) atoms. The maximum Gasteiger partial charge on any atom is 0.264 e. The molecule has 1 atom stereocenters. The lowest BCUT2D eigenvalue weighted by Gasteiger charge is -2.32. The second kappa shape index (κ2) is 12.1. The van der Waals surface area contributed by atoms with Gasteiger partial charge in [-0.3, -0.25) is 13.9 Å². The summed E-state index contributed by atoms with van der Waals surface area (Å²) < 4.78 is 28.6. The molecule has 0 fully saturated rings. The first kappa shape index (κ1) is 27.2. The molecule has 190 valence electrons. The third-order valence-corrected chi connectivity index (χ3v) is 7.99. The fraction of sp³-hybridized carbons (Fsp3) is 0.259. The third kappa shape index (κ3) is 6.44. The molecule has 0 saturated heterocycles. The normalized spacial score (nSPS) is 12.0. The molecule has 0 spiro atoms. The molecule has 0 radical (unpaired) electrons. The van der Waals surface area contributed by atoms with Crippen LogP contribution in [0.4, 0.5) is 5.69 Å². The molecule has 1 N–H and O–H groups in total. The van der Waals surface area contributed by atoms with E-state index in [9.17, 15) is 18.0 Å². The molecule has 0 aliphatic heterocycles. The summed E-state index contributed by atoms with van der Waals surface area (Å²) in [6.45, 7) is 3.20. The zero-order chi connectivity index (χ0) is 26.3. The average Bonchev–Trinajstić information content (AvgIpc) is 2.88. The molecule has 0 unspecified atom stereocenters. The number of sulfonamides is 1. The Morgan fingerprint density at radius 2 is 1.56 bits per heavy atom. The lowest BCUT2D eigenvalue weighted by atomic mass is 10.1. The number of nitrogens with one attached hydrogen (secondary N) is 1. The van der Waals surface area contributed by atoms with Crippen LogP contribution in [0.5, 0.6) is 0 Å². The summed E-state index contributed by atoms with van der Waals surface area (Å²) in [6.07, 6.45) is 0.516. The summed E-state index contributed by atoms with van der Waals surface area (Å²) in [6, 6.07) is 21.6. The Morgan fingerprint density at radius 3 is 2.17 bits per heavy atom. The van der Waals surface area contributed by atoms with Gasteiger partial charge in [-0.2, -0.15) is 0 Å². The molecule has 3 aromatic rings. The first-order valence-corrected chi connectivity index (χ1v) is 13.4. The van der Waals surface area contributed by atoms with E-state index in [1.807, 2.05) is 30.3 Å². The van der Waals surface area contributed by atoms with E-state index in [1.54, 1.807) is 38.1 Å². The van der Waals surface area contributed by atoms with Crippen molar-refractivity contribution in [2.75, 3.05) is 24.4 Å². The van der Waals surface area contributed by atoms with Gasteiger partial charge in [0.25, 0.3) is 10.0 Å². The van der Waals surface area contributed by atoms with Crippen LogP contribution in [0.2, 0.25) is 5.02 Å². The summed E-state index contributed by atoms with van der Waals surface area (Å²) in [5.74, 6) is -0.817. The minimum absolute atomic E-state index is 0.0122. The van der Waals surface area contributed by atoms with E-state index in [1.165, 1.54) is 36.2 Å². The van der Waals surface area contributed by atoms with Crippen LogP contribution in [0.15, 0.2) is 83.8 Å². The van der Waals surface area contributed by atoms with Crippen molar-refractivity contribution >= 4 is 39.1 Å². The number of hydrogen-bond donors (Lipinski definition) is 1. The van der Waals surface area contributed by atoms with E-state index in [0.29, 0.717) is 22.7 Å². The van der Waals surface area contributed by atoms with Crippen molar-refractivity contribution in [3.63, 3.8) is 0 Å². The number of likely N-dealkylation sites (N-methyl/N-ethyl adjacent to an activating group) is 1. The second-order valence-corrected chi connectivity index (χ2v) is 10.7. The average molecular weight is 528 g/mol. The molecule has 9 heteroatoms. The van der Waals surface area contributed by atoms with Crippen molar-refractivity contribution in [3.05, 3.63) is 95.0 Å². The fourth-order valence-electron chi connectivity index (χ4n) is 3.87. The highest BCUT2D eigenvalue weighted by atomic mass is 35.5. The Hall–Kier alpha value is -3.36. The van der Waals surface area contributed by atoms with Crippen LogP contribution in [0.1, 0.15) is 18.1 Å². The van der Waals surface area contributed by atoms with Gasteiger partial charge in [0.05, 0.1) is 10.6 Å². The minimum atomic E-state index is -4.11. The number of carbonyl (C=O) groups is 2. The lowest BCUT2D eigenvalue weighted by Crippen LogP contribution is -2.51. The van der Waals surface area contributed by atoms with Gasteiger partial charge < -0.3 is 10.2 Å². The minimum Gasteiger partial charge on any atom is -0.357 e. The number of aryl methyl sites for hydroxylation is 1. The monoisotopic (exact) mass is 527 g/mol. The van der Waals surface area contributed by atoms with Crippen LogP contribution in [0, 0.1) is 6.92 Å². The number of hydrogen-bond acceptors (Lipinski definition) is 4. The van der Waals surface area contributed by atoms with Crippen molar-refractivity contribution < 1.29 is 18.0 Å². The van der Waals surface area contributed by atoms with Gasteiger partial charge >= 0.3 is 0 Å². The zero-order valence-corrected chi connectivity index (χ0v) is 22.1. The number of amides is 2. The number of para-hydroxylation sites is 1. The Labute approximate surface area is 217 Å². The van der Waals surface area contributed by atoms with E-state index in [-0.39, 0.29) is 17.3 Å². The predicted octanol–water partition coefficient (Wildman–Crippen LogP) is 4.05. The van der Waals surface area contributed by atoms with Gasteiger partial charge in [0, 0.05) is 18.6 Å². The topological polar surface area (TPSA) is 86.8 Å². The number of benzene rings is 3. The van der Waals surface area contributed by atoms with Crippen molar-refractivity contribution in [1.29, 1.82) is 0 Å². The number of nitrogens with zero attached hydrogens (tertiary/aromatic N) is 2. The Morgan fingerprint density at radius 1 is 0.944 bits per heavy atom. The van der Waals surface area contributed by atoms with Gasteiger partial charge in [-0.1, -0.05) is 60.1 Å². The van der Waals surface area contributed by atoms with Gasteiger partial charge in [0.1, 0.15) is 12.6 Å². The van der Waals surface area contributed by atoms with Crippen LogP contribution in [0.3, 0.4) is 0 Å². The number of carbonyl (C=O) groups excluding carboxylic acids is 2. The smallest absolute Gasteiger partial charge is 0.264 e. The maximum atomic E-state index is 13.7. The summed E-state index contributed by atoms with van der Waals surface area (Å²) in [5, 5.41) is 2.98. The number of halogens is 1. The highest BCUT2D eigenvalue weighted by Gasteiger charge is 2.32. The molecular formula is C27H30ClN3O4S. The molecular weight excluding hydrogens is 498 g/mol. The Kier molecular flexibility index (Phi) is 9.12. The van der Waals surface area contributed by atoms with Crippen molar-refractivity contribution in [1.82, 2.24) is 10.2 Å². The lowest BCUT2D eigenvalue weighted by molar-refractivity contribution is -0.138. The van der Waals surface area contributed by atoms with E-state index in [0.717, 1.165) is 9.87 Å². The van der Waals surface area contributed by atoms with E-state index >= 15 is 0 Å². The number of anilines is 1. The van der Waals surface area contributed by atoms with Gasteiger partial charge in [0.2, 0.25) is 11.8 Å². The molecule has 3 aromatic carbocycles. The van der Waals surface area contributed by atoms with E-state index < -0.39 is 28.5 Å². The fourth-order valence-corrected chi connectivity index (χ4v) is 5.47. The first-order valence-electron chi connectivity index (χ1n) is 11.5. The summed E-state index contributed by atoms with van der Waals surface area (Å²) in [7, 11) is -2.61. The van der Waals surface area contributed by atoms with Gasteiger partial charge in [-0.05, 0) is 61.7 Å². The zero-order valence-electron chi connectivity index (χ0n) is 20.5. The van der Waals surface area contributed by atoms with Crippen LogP contribution < -0.4 is 9.62 Å². The molecule has 3 rings (SSSR count). The van der Waals surface area contributed by atoms with Crippen LogP contribution in [-0.2, 0) is 26.0 Å². The van der Waals surface area contributed by atoms with Crippen LogP contribution >= 0.6 is 11.6 Å². The Balaban J connectivity index is 1.98. The largest absolute Gasteiger partial charge is 0.357 e. The predicted molar refractivity (Wildman–Crippen MR) is 143 cm³/mol. The second-order valence-electron chi connectivity index (χ2n) is 8.37. The van der Waals surface area contributed by atoms with Crippen molar-refractivity contribution in [2.45, 2.75) is 31.2 Å².